The van der Waals surface area contributed by atoms with E-state index in [2.05, 4.69) is 85.8 Å². The van der Waals surface area contributed by atoms with E-state index in [0.29, 0.717) is 12.1 Å². The van der Waals surface area contributed by atoms with Gasteiger partial charge in [0.2, 0.25) is 6.23 Å². The lowest BCUT2D eigenvalue weighted by Gasteiger charge is -2.31. The number of hydrogen-bond donors (Lipinski definition) is 4. The fourth-order valence-corrected chi connectivity index (χ4v) is 6.80. The second-order valence-electron chi connectivity index (χ2n) is 11.6. The second kappa shape index (κ2) is 10.6. The van der Waals surface area contributed by atoms with Crippen LogP contribution in [-0.2, 0) is 0 Å². The number of nitrogens with zero attached hydrogens (tertiary/aromatic N) is 3. The molecule has 3 aromatic heterocycles. The molecule has 0 radical (unpaired) electrons. The zero-order valence-electron chi connectivity index (χ0n) is 24.1. The minimum atomic E-state index is -0.385. The van der Waals surface area contributed by atoms with Gasteiger partial charge in [0.15, 0.2) is 0 Å². The molecule has 216 valence electrons. The molecule has 0 amide bonds. The second-order valence-corrected chi connectivity index (χ2v) is 11.6. The van der Waals surface area contributed by atoms with Crippen LogP contribution in [-0.4, -0.2) is 37.6 Å². The molecule has 4 N–H and O–H groups in total. The van der Waals surface area contributed by atoms with Crippen molar-refractivity contribution in [2.45, 2.75) is 44.0 Å². The molecule has 6 heterocycles. The number of allylic oxidation sites excluding steroid dienone is 2. The first-order valence-electron chi connectivity index (χ1n) is 15.2. The largest absolute Gasteiger partial charge is 0.465 e. The van der Waals surface area contributed by atoms with Crippen LogP contribution < -0.4 is 15.4 Å². The third-order valence-electron chi connectivity index (χ3n) is 8.99. The molecule has 0 spiro atoms. The number of aromatic nitrogens is 5. The van der Waals surface area contributed by atoms with Crippen molar-refractivity contribution in [3.63, 3.8) is 0 Å². The van der Waals surface area contributed by atoms with E-state index in [1.54, 1.807) is 6.08 Å². The third kappa shape index (κ3) is 4.45. The van der Waals surface area contributed by atoms with E-state index in [0.717, 1.165) is 93.6 Å². The van der Waals surface area contributed by atoms with Gasteiger partial charge in [-0.3, -0.25) is 0 Å². The molecule has 0 bridgehead atoms. The number of hydrogen-bond acceptors (Lipinski definition) is 5. The van der Waals surface area contributed by atoms with Crippen molar-refractivity contribution >= 4 is 10.9 Å². The van der Waals surface area contributed by atoms with Crippen LogP contribution in [0.5, 0.6) is 5.75 Å². The normalized spacial score (nSPS) is 21.5. The first kappa shape index (κ1) is 26.0. The molecule has 8 nitrogen and oxygen atoms in total. The third-order valence-corrected chi connectivity index (χ3v) is 8.99. The van der Waals surface area contributed by atoms with E-state index in [1.165, 1.54) is 12.8 Å². The predicted octanol–water partition coefficient (Wildman–Crippen LogP) is 7.13. The summed E-state index contributed by atoms with van der Waals surface area (Å²) < 4.78 is 9.04. The Labute approximate surface area is 250 Å². The quantitative estimate of drug-likeness (QED) is 0.157. The van der Waals surface area contributed by atoms with E-state index in [9.17, 15) is 0 Å². The Kier molecular flexibility index (Phi) is 6.39. The van der Waals surface area contributed by atoms with Gasteiger partial charge in [0, 0.05) is 27.6 Å². The van der Waals surface area contributed by atoms with Crippen LogP contribution in [0.4, 0.5) is 0 Å². The van der Waals surface area contributed by atoms with Gasteiger partial charge in [0.25, 0.3) is 0 Å². The topological polar surface area (TPSA) is 95.6 Å². The van der Waals surface area contributed by atoms with Crippen molar-refractivity contribution < 1.29 is 4.74 Å². The molecule has 2 aromatic carbocycles. The van der Waals surface area contributed by atoms with Crippen molar-refractivity contribution in [3.8, 4) is 39.5 Å². The Hall–Kier alpha value is -4.66. The molecule has 0 aliphatic carbocycles. The number of imidazole rings is 2. The molecular formula is C35H35N7O. The summed E-state index contributed by atoms with van der Waals surface area (Å²) >= 11 is 0. The van der Waals surface area contributed by atoms with Crippen LogP contribution in [0, 0.1) is 0 Å². The Morgan fingerprint density at radius 3 is 2.16 bits per heavy atom. The molecule has 43 heavy (non-hydrogen) atoms. The Bertz CT molecular complexity index is 1880. The number of benzene rings is 2. The molecular weight excluding hydrogens is 534 g/mol. The van der Waals surface area contributed by atoms with Gasteiger partial charge in [-0.15, -0.1) is 0 Å². The number of nitrogens with one attached hydrogen (secondary N) is 4. The monoisotopic (exact) mass is 569 g/mol. The van der Waals surface area contributed by atoms with Crippen molar-refractivity contribution in [2.24, 2.45) is 0 Å². The summed E-state index contributed by atoms with van der Waals surface area (Å²) in [5.74, 6) is 2.83. The average Bonchev–Trinajstić information content (AvgIpc) is 3.87. The van der Waals surface area contributed by atoms with Gasteiger partial charge in [-0.05, 0) is 69.1 Å². The molecule has 3 aliphatic rings. The van der Waals surface area contributed by atoms with Crippen LogP contribution in [0.1, 0.15) is 55.6 Å². The molecule has 0 saturated carbocycles. The van der Waals surface area contributed by atoms with Gasteiger partial charge in [-0.25, -0.2) is 9.97 Å². The van der Waals surface area contributed by atoms with Gasteiger partial charge in [0.05, 0.1) is 47.1 Å². The molecule has 8 heteroatoms. The summed E-state index contributed by atoms with van der Waals surface area (Å²) in [5.41, 5.74) is 8.34. The SMILES string of the molecule is C=C/C=C(\C=C)C1Oc2cc(-c3cnc([C@@H]4CCCN4)[nH]3)ccc2-c2cc3cc(-c4cnc(C5CCCN5)[nH]4)ccc3n21. The Morgan fingerprint density at radius 2 is 1.53 bits per heavy atom. The van der Waals surface area contributed by atoms with Crippen LogP contribution >= 0.6 is 0 Å². The summed E-state index contributed by atoms with van der Waals surface area (Å²) in [7, 11) is 0. The number of rotatable bonds is 7. The van der Waals surface area contributed by atoms with Gasteiger partial charge in [-0.1, -0.05) is 43.5 Å². The smallest absolute Gasteiger partial charge is 0.203 e. The maximum atomic E-state index is 6.78. The maximum Gasteiger partial charge on any atom is 0.203 e. The van der Waals surface area contributed by atoms with Crippen molar-refractivity contribution in [1.82, 2.24) is 35.1 Å². The summed E-state index contributed by atoms with van der Waals surface area (Å²) in [6.07, 6.45) is 13.7. The highest BCUT2D eigenvalue weighted by molar-refractivity contribution is 5.92. The first-order valence-corrected chi connectivity index (χ1v) is 15.2. The standard InChI is InChI=1S/C35H35N7O/c1-3-7-21(4-2)35-42-30-13-11-22(28-19-38-33(40-28)26-8-5-14-36-26)16-24(30)17-31(42)25-12-10-23(18-32(25)43-35)29-20-39-34(41-29)27-9-6-15-37-27/h3-4,7,10-13,16-20,26-27,35-37H,1-2,5-6,8-9,14-15H2,(H,38,40)(H,39,41)/b21-7+/t26?,27-,35?/m0/s1. The van der Waals surface area contributed by atoms with Gasteiger partial charge >= 0.3 is 0 Å². The van der Waals surface area contributed by atoms with Crippen LogP contribution in [0.2, 0.25) is 0 Å². The van der Waals surface area contributed by atoms with E-state index in [-0.39, 0.29) is 6.23 Å². The summed E-state index contributed by atoms with van der Waals surface area (Å²) in [4.78, 5) is 16.5. The zero-order chi connectivity index (χ0) is 28.9. The number of H-pyrrole nitrogens is 2. The van der Waals surface area contributed by atoms with Crippen molar-refractivity contribution in [3.05, 3.63) is 103 Å². The zero-order valence-corrected chi connectivity index (χ0v) is 24.1. The van der Waals surface area contributed by atoms with Gasteiger partial charge in [0.1, 0.15) is 17.4 Å². The van der Waals surface area contributed by atoms with Crippen molar-refractivity contribution in [2.75, 3.05) is 13.1 Å². The molecule has 5 aromatic rings. The molecule has 3 atom stereocenters. The lowest BCUT2D eigenvalue weighted by molar-refractivity contribution is 0.173. The van der Waals surface area contributed by atoms with E-state index in [1.807, 2.05) is 24.5 Å². The molecule has 2 saturated heterocycles. The highest BCUT2D eigenvalue weighted by Gasteiger charge is 2.30. The first-order chi connectivity index (χ1) is 21.2. The fraction of sp³-hybridized carbons (Fsp3) is 0.257. The predicted molar refractivity (Wildman–Crippen MR) is 171 cm³/mol. The van der Waals surface area contributed by atoms with Gasteiger partial charge < -0.3 is 29.9 Å². The highest BCUT2D eigenvalue weighted by Crippen LogP contribution is 2.46. The Balaban J connectivity index is 1.21. The fourth-order valence-electron chi connectivity index (χ4n) is 6.80. The minimum Gasteiger partial charge on any atom is -0.465 e. The lowest BCUT2D eigenvalue weighted by Crippen LogP contribution is -2.22. The molecule has 2 unspecified atom stereocenters. The highest BCUT2D eigenvalue weighted by atomic mass is 16.5. The number of aromatic amines is 2. The summed E-state index contributed by atoms with van der Waals surface area (Å²) in [6, 6.07) is 15.8. The summed E-state index contributed by atoms with van der Waals surface area (Å²) in [6.45, 7) is 10.1. The van der Waals surface area contributed by atoms with Gasteiger partial charge in [-0.2, -0.15) is 0 Å². The number of ether oxygens (including phenoxy) is 1. The van der Waals surface area contributed by atoms with Crippen molar-refractivity contribution in [1.29, 1.82) is 0 Å². The number of fused-ring (bicyclic) bond motifs is 5. The van der Waals surface area contributed by atoms with E-state index >= 15 is 0 Å². The summed E-state index contributed by atoms with van der Waals surface area (Å²) in [5, 5.41) is 8.19. The lowest BCUT2D eigenvalue weighted by atomic mass is 10.0. The average molecular weight is 570 g/mol. The van der Waals surface area contributed by atoms with Crippen LogP contribution in [0.25, 0.3) is 44.7 Å². The van der Waals surface area contributed by atoms with Crippen LogP contribution in [0.3, 0.4) is 0 Å². The molecule has 2 fully saturated rings. The van der Waals surface area contributed by atoms with E-state index in [4.69, 9.17) is 9.72 Å². The molecule has 3 aliphatic heterocycles. The molecule has 8 rings (SSSR count). The van der Waals surface area contributed by atoms with Crippen LogP contribution in [0.15, 0.2) is 91.8 Å². The Morgan fingerprint density at radius 1 is 0.860 bits per heavy atom. The minimum absolute atomic E-state index is 0.291. The maximum absolute atomic E-state index is 6.78. The van der Waals surface area contributed by atoms with E-state index < -0.39 is 0 Å².